The maximum atomic E-state index is 11.4. The third-order valence-corrected chi connectivity index (χ3v) is 3.82. The van der Waals surface area contributed by atoms with Crippen molar-refractivity contribution >= 4 is 5.97 Å². The van der Waals surface area contributed by atoms with Gasteiger partial charge in [-0.05, 0) is 37.7 Å². The van der Waals surface area contributed by atoms with Gasteiger partial charge in [0.25, 0.3) is 0 Å². The fraction of sp³-hybridized carbons (Fsp3) is 0.562. The van der Waals surface area contributed by atoms with Crippen molar-refractivity contribution in [1.29, 1.82) is 0 Å². The number of benzene rings is 1. The Hall–Kier alpha value is -1.35. The van der Waals surface area contributed by atoms with Crippen molar-refractivity contribution in [3.8, 4) is 0 Å². The van der Waals surface area contributed by atoms with Crippen LogP contribution in [0.1, 0.15) is 37.7 Å². The number of rotatable bonds is 7. The highest BCUT2D eigenvalue weighted by molar-refractivity contribution is 5.70. The van der Waals surface area contributed by atoms with E-state index in [9.17, 15) is 4.79 Å². The van der Waals surface area contributed by atoms with Crippen LogP contribution in [0.2, 0.25) is 0 Å². The minimum atomic E-state index is -0.232. The van der Waals surface area contributed by atoms with Crippen LogP contribution in [-0.4, -0.2) is 25.3 Å². The van der Waals surface area contributed by atoms with Crippen LogP contribution in [0.25, 0.3) is 0 Å². The number of hydrogen-bond donors (Lipinski definition) is 0. The fourth-order valence-corrected chi connectivity index (χ4v) is 2.49. The van der Waals surface area contributed by atoms with Crippen molar-refractivity contribution in [2.45, 2.75) is 44.1 Å². The van der Waals surface area contributed by atoms with E-state index in [1.807, 2.05) is 6.07 Å². The molecule has 1 aliphatic carbocycles. The van der Waals surface area contributed by atoms with E-state index >= 15 is 0 Å². The molecule has 1 fully saturated rings. The second-order valence-electron chi connectivity index (χ2n) is 5.23. The minimum absolute atomic E-state index is 0.164. The van der Waals surface area contributed by atoms with E-state index in [0.29, 0.717) is 13.0 Å². The van der Waals surface area contributed by atoms with Gasteiger partial charge in [0, 0.05) is 6.61 Å². The molecule has 1 saturated carbocycles. The van der Waals surface area contributed by atoms with Gasteiger partial charge in [-0.25, -0.2) is 0 Å². The summed E-state index contributed by atoms with van der Waals surface area (Å²) >= 11 is 0. The molecule has 0 saturated heterocycles. The maximum absolute atomic E-state index is 11.4. The fourth-order valence-electron chi connectivity index (χ4n) is 2.49. The molecule has 0 heterocycles. The normalized spacial score (nSPS) is 16.7. The molecule has 0 unspecified atom stereocenters. The second-order valence-corrected chi connectivity index (χ2v) is 5.23. The number of aryl methyl sites for hydroxylation is 1. The molecule has 0 bridgehead atoms. The van der Waals surface area contributed by atoms with Crippen LogP contribution in [0.15, 0.2) is 30.3 Å². The van der Waals surface area contributed by atoms with Gasteiger partial charge >= 0.3 is 5.97 Å². The highest BCUT2D eigenvalue weighted by atomic mass is 16.5. The van der Waals surface area contributed by atoms with Crippen LogP contribution in [0.5, 0.6) is 0 Å². The Labute approximate surface area is 114 Å². The molecule has 0 N–H and O–H groups in total. The smallest absolute Gasteiger partial charge is 0.308 e. The molecule has 1 aromatic rings. The number of methoxy groups -OCH3 is 1. The average Bonchev–Trinajstić information content (AvgIpc) is 2.41. The van der Waals surface area contributed by atoms with Crippen LogP contribution in [0.4, 0.5) is 0 Å². The largest absolute Gasteiger partial charge is 0.469 e. The van der Waals surface area contributed by atoms with Crippen LogP contribution in [0, 0.1) is 0 Å². The van der Waals surface area contributed by atoms with Crippen molar-refractivity contribution in [3.63, 3.8) is 0 Å². The predicted octanol–water partition coefficient (Wildman–Crippen LogP) is 3.12. The summed E-state index contributed by atoms with van der Waals surface area (Å²) in [6.45, 7) is 0.714. The summed E-state index contributed by atoms with van der Waals surface area (Å²) in [6.07, 6.45) is 5.52. The third kappa shape index (κ3) is 4.06. The van der Waals surface area contributed by atoms with Gasteiger partial charge in [0.05, 0.1) is 19.1 Å². The second kappa shape index (κ2) is 6.71. The van der Waals surface area contributed by atoms with Gasteiger partial charge in [-0.2, -0.15) is 0 Å². The summed E-state index contributed by atoms with van der Waals surface area (Å²) < 4.78 is 10.7. The monoisotopic (exact) mass is 262 g/mol. The van der Waals surface area contributed by atoms with Crippen molar-refractivity contribution < 1.29 is 14.3 Å². The van der Waals surface area contributed by atoms with E-state index in [0.717, 1.165) is 32.1 Å². The number of hydrogen-bond acceptors (Lipinski definition) is 3. The Morgan fingerprint density at radius 2 is 2.00 bits per heavy atom. The lowest BCUT2D eigenvalue weighted by Gasteiger charge is -2.40. The molecule has 0 amide bonds. The van der Waals surface area contributed by atoms with E-state index in [1.54, 1.807) is 0 Å². The molecule has 1 aliphatic rings. The number of esters is 1. The van der Waals surface area contributed by atoms with Gasteiger partial charge < -0.3 is 9.47 Å². The zero-order chi connectivity index (χ0) is 13.6. The van der Waals surface area contributed by atoms with Gasteiger partial charge in [0.15, 0.2) is 0 Å². The topological polar surface area (TPSA) is 35.5 Å². The lowest BCUT2D eigenvalue weighted by Crippen LogP contribution is -2.42. The first-order valence-electron chi connectivity index (χ1n) is 6.99. The molecule has 0 aromatic heterocycles. The van der Waals surface area contributed by atoms with Crippen molar-refractivity contribution in [2.75, 3.05) is 13.7 Å². The molecule has 2 rings (SSSR count). The van der Waals surface area contributed by atoms with Crippen LogP contribution in [-0.2, 0) is 20.7 Å². The lowest BCUT2D eigenvalue weighted by atomic mass is 9.77. The molecule has 1 aromatic carbocycles. The van der Waals surface area contributed by atoms with Crippen molar-refractivity contribution in [1.82, 2.24) is 0 Å². The van der Waals surface area contributed by atoms with Crippen LogP contribution >= 0.6 is 0 Å². The summed E-state index contributed by atoms with van der Waals surface area (Å²) in [7, 11) is 1.43. The maximum Gasteiger partial charge on any atom is 0.308 e. The molecule has 0 spiro atoms. The molecule has 0 atom stereocenters. The quantitative estimate of drug-likeness (QED) is 0.559. The summed E-state index contributed by atoms with van der Waals surface area (Å²) in [5.74, 6) is -0.164. The summed E-state index contributed by atoms with van der Waals surface area (Å²) in [4.78, 5) is 11.4. The third-order valence-electron chi connectivity index (χ3n) is 3.82. The molecular formula is C16H22O3. The first-order valence-corrected chi connectivity index (χ1v) is 6.99. The number of ether oxygens (including phenoxy) is 2. The summed E-state index contributed by atoms with van der Waals surface area (Å²) in [5, 5.41) is 0. The van der Waals surface area contributed by atoms with Gasteiger partial charge in [0.1, 0.15) is 0 Å². The van der Waals surface area contributed by atoms with Crippen LogP contribution < -0.4 is 0 Å². The standard InChI is InChI=1S/C16H22O3/c1-18-15(17)13-16(10-6-11-16)19-12-5-9-14-7-3-2-4-8-14/h2-4,7-8H,5-6,9-13H2,1H3. The van der Waals surface area contributed by atoms with Gasteiger partial charge in [-0.15, -0.1) is 0 Å². The highest BCUT2D eigenvalue weighted by Crippen LogP contribution is 2.39. The molecule has 3 heteroatoms. The van der Waals surface area contributed by atoms with Gasteiger partial charge in [-0.1, -0.05) is 30.3 Å². The van der Waals surface area contributed by atoms with Crippen molar-refractivity contribution in [2.24, 2.45) is 0 Å². The van der Waals surface area contributed by atoms with Gasteiger partial charge in [-0.3, -0.25) is 4.79 Å². The summed E-state index contributed by atoms with van der Waals surface area (Å²) in [5.41, 5.74) is 1.10. The molecule has 104 valence electrons. The molecule has 3 nitrogen and oxygen atoms in total. The first-order chi connectivity index (χ1) is 9.24. The highest BCUT2D eigenvalue weighted by Gasteiger charge is 2.40. The zero-order valence-electron chi connectivity index (χ0n) is 11.6. The minimum Gasteiger partial charge on any atom is -0.469 e. The van der Waals surface area contributed by atoms with E-state index in [4.69, 9.17) is 9.47 Å². The predicted molar refractivity (Wildman–Crippen MR) is 73.9 cm³/mol. The Kier molecular flexibility index (Phi) is 4.97. The SMILES string of the molecule is COC(=O)CC1(OCCCc2ccccc2)CCC1. The Balaban J connectivity index is 1.70. The lowest BCUT2D eigenvalue weighted by molar-refractivity contribution is -0.157. The Morgan fingerprint density at radius 1 is 1.26 bits per heavy atom. The molecular weight excluding hydrogens is 240 g/mol. The first kappa shape index (κ1) is 14.1. The zero-order valence-corrected chi connectivity index (χ0v) is 11.6. The molecule has 19 heavy (non-hydrogen) atoms. The number of carbonyl (C=O) groups excluding carboxylic acids is 1. The number of carbonyl (C=O) groups is 1. The molecule has 0 aliphatic heterocycles. The van der Waals surface area contributed by atoms with Crippen molar-refractivity contribution in [3.05, 3.63) is 35.9 Å². The van der Waals surface area contributed by atoms with Gasteiger partial charge in [0.2, 0.25) is 0 Å². The van der Waals surface area contributed by atoms with E-state index in [-0.39, 0.29) is 11.6 Å². The molecule has 0 radical (unpaired) electrons. The van der Waals surface area contributed by atoms with E-state index in [1.165, 1.54) is 12.7 Å². The van der Waals surface area contributed by atoms with Crippen LogP contribution in [0.3, 0.4) is 0 Å². The van der Waals surface area contributed by atoms with E-state index < -0.39 is 0 Å². The average molecular weight is 262 g/mol. The Bertz CT molecular complexity index is 396. The Morgan fingerprint density at radius 3 is 2.58 bits per heavy atom. The summed E-state index contributed by atoms with van der Waals surface area (Å²) in [6, 6.07) is 10.4. The van der Waals surface area contributed by atoms with E-state index in [2.05, 4.69) is 24.3 Å².